The van der Waals surface area contributed by atoms with Gasteiger partial charge in [0, 0.05) is 23.4 Å². The zero-order valence-electron chi connectivity index (χ0n) is 23.1. The fourth-order valence-electron chi connectivity index (χ4n) is 4.68. The number of aromatic nitrogens is 4. The number of ether oxygens (including phenoxy) is 1. The molecule has 0 atom stereocenters. The standard InChI is InChI=1S/C33H32N4O2/c1-20-15-21(2)29(22(3)16-20)32-36-30(35-31(37-32)26-11-7-8-12-27(26)38)23-17-24(33(4,5)6)19-25(18-23)39-28-13-9-10-14-34-28/h7-19,38H,1-6H3. The molecular weight excluding hydrogens is 484 g/mol. The Morgan fingerprint density at radius 2 is 1.38 bits per heavy atom. The van der Waals surface area contributed by atoms with Crippen molar-refractivity contribution in [3.05, 3.63) is 101 Å². The maximum atomic E-state index is 10.7. The number of pyridine rings is 1. The first-order valence-electron chi connectivity index (χ1n) is 13.0. The van der Waals surface area contributed by atoms with Crippen molar-refractivity contribution in [2.75, 3.05) is 0 Å². The summed E-state index contributed by atoms with van der Waals surface area (Å²) >= 11 is 0. The van der Waals surface area contributed by atoms with Crippen LogP contribution in [-0.4, -0.2) is 25.0 Å². The molecule has 0 saturated heterocycles. The molecule has 0 radical (unpaired) electrons. The minimum absolute atomic E-state index is 0.112. The summed E-state index contributed by atoms with van der Waals surface area (Å²) in [5, 5.41) is 10.7. The van der Waals surface area contributed by atoms with Gasteiger partial charge in [0.2, 0.25) is 5.88 Å². The number of aryl methyl sites for hydroxylation is 3. The molecule has 0 fully saturated rings. The van der Waals surface area contributed by atoms with Crippen molar-refractivity contribution in [2.24, 2.45) is 0 Å². The van der Waals surface area contributed by atoms with Crippen molar-refractivity contribution in [2.45, 2.75) is 47.0 Å². The molecule has 5 aromatic rings. The van der Waals surface area contributed by atoms with E-state index in [-0.39, 0.29) is 11.2 Å². The lowest BCUT2D eigenvalue weighted by Crippen LogP contribution is -2.11. The van der Waals surface area contributed by atoms with Crippen LogP contribution >= 0.6 is 0 Å². The molecule has 0 spiro atoms. The highest BCUT2D eigenvalue weighted by molar-refractivity contribution is 5.73. The summed E-state index contributed by atoms with van der Waals surface area (Å²) in [6.45, 7) is 12.7. The van der Waals surface area contributed by atoms with E-state index in [0.717, 1.165) is 27.8 Å². The van der Waals surface area contributed by atoms with Crippen LogP contribution in [0.15, 0.2) is 79.0 Å². The number of hydrogen-bond donors (Lipinski definition) is 1. The first-order valence-corrected chi connectivity index (χ1v) is 13.0. The molecule has 0 amide bonds. The van der Waals surface area contributed by atoms with E-state index in [1.54, 1.807) is 18.3 Å². The fraction of sp³-hybridized carbons (Fsp3) is 0.212. The van der Waals surface area contributed by atoms with E-state index in [2.05, 4.69) is 64.7 Å². The Bertz CT molecular complexity index is 1630. The van der Waals surface area contributed by atoms with E-state index >= 15 is 0 Å². The highest BCUT2D eigenvalue weighted by Crippen LogP contribution is 2.36. The van der Waals surface area contributed by atoms with Crippen LogP contribution in [0.4, 0.5) is 0 Å². The normalized spacial score (nSPS) is 11.4. The summed E-state index contributed by atoms with van der Waals surface area (Å²) in [5.41, 5.74) is 6.54. The Labute approximate surface area is 229 Å². The number of hydrogen-bond acceptors (Lipinski definition) is 6. The van der Waals surface area contributed by atoms with Gasteiger partial charge in [-0.25, -0.2) is 19.9 Å². The van der Waals surface area contributed by atoms with Gasteiger partial charge in [-0.3, -0.25) is 0 Å². The molecule has 0 bridgehead atoms. The molecule has 0 aliphatic heterocycles. The van der Waals surface area contributed by atoms with E-state index in [4.69, 9.17) is 19.7 Å². The molecule has 2 aromatic heterocycles. The Morgan fingerprint density at radius 3 is 2.05 bits per heavy atom. The maximum absolute atomic E-state index is 10.7. The van der Waals surface area contributed by atoms with Crippen molar-refractivity contribution < 1.29 is 9.84 Å². The van der Waals surface area contributed by atoms with E-state index in [1.807, 2.05) is 42.5 Å². The minimum Gasteiger partial charge on any atom is -0.507 e. The first-order chi connectivity index (χ1) is 18.6. The Hall–Kier alpha value is -4.58. The molecule has 2 heterocycles. The van der Waals surface area contributed by atoms with Crippen LogP contribution in [0.5, 0.6) is 17.4 Å². The van der Waals surface area contributed by atoms with Gasteiger partial charge in [0.25, 0.3) is 0 Å². The summed E-state index contributed by atoms with van der Waals surface area (Å²) in [6, 6.07) is 23.0. The number of phenolic OH excluding ortho intramolecular Hbond substituents is 1. The van der Waals surface area contributed by atoms with Crippen LogP contribution in [-0.2, 0) is 5.41 Å². The molecule has 0 aliphatic rings. The summed E-state index contributed by atoms with van der Waals surface area (Å²) in [4.78, 5) is 19.0. The predicted molar refractivity (Wildman–Crippen MR) is 155 cm³/mol. The lowest BCUT2D eigenvalue weighted by atomic mass is 9.86. The topological polar surface area (TPSA) is 81.0 Å². The Kier molecular flexibility index (Phi) is 6.87. The third-order valence-electron chi connectivity index (χ3n) is 6.57. The zero-order chi connectivity index (χ0) is 27.7. The Morgan fingerprint density at radius 1 is 0.718 bits per heavy atom. The first kappa shape index (κ1) is 26.0. The maximum Gasteiger partial charge on any atom is 0.219 e. The van der Waals surface area contributed by atoms with E-state index in [9.17, 15) is 5.11 Å². The summed E-state index contributed by atoms with van der Waals surface area (Å²) in [5.74, 6) is 2.72. The van der Waals surface area contributed by atoms with Crippen LogP contribution in [0.3, 0.4) is 0 Å². The second-order valence-corrected chi connectivity index (χ2v) is 10.9. The molecule has 5 rings (SSSR count). The van der Waals surface area contributed by atoms with Gasteiger partial charge in [-0.05, 0) is 79.3 Å². The largest absolute Gasteiger partial charge is 0.507 e. The molecular formula is C33H32N4O2. The lowest BCUT2D eigenvalue weighted by molar-refractivity contribution is 0.460. The van der Waals surface area contributed by atoms with Crippen molar-refractivity contribution in [1.29, 1.82) is 0 Å². The van der Waals surface area contributed by atoms with Gasteiger partial charge in [0.15, 0.2) is 17.5 Å². The average molecular weight is 517 g/mol. The van der Waals surface area contributed by atoms with Gasteiger partial charge in [-0.2, -0.15) is 0 Å². The number of aromatic hydroxyl groups is 1. The number of nitrogens with zero attached hydrogens (tertiary/aromatic N) is 4. The quantitative estimate of drug-likeness (QED) is 0.255. The molecule has 196 valence electrons. The number of rotatable bonds is 5. The summed E-state index contributed by atoms with van der Waals surface area (Å²) in [6.07, 6.45) is 1.70. The SMILES string of the molecule is Cc1cc(C)c(-c2nc(-c3cc(Oc4ccccn4)cc(C(C)(C)C)c3)nc(-c3ccccc3O)n2)c(C)c1. The molecule has 6 heteroatoms. The fourth-order valence-corrected chi connectivity index (χ4v) is 4.68. The predicted octanol–water partition coefficient (Wildman–Crippen LogP) is 7.99. The number of para-hydroxylation sites is 1. The second kappa shape index (κ2) is 10.3. The van der Waals surface area contributed by atoms with Gasteiger partial charge in [0.05, 0.1) is 5.56 Å². The molecule has 3 aromatic carbocycles. The van der Waals surface area contributed by atoms with Crippen LogP contribution < -0.4 is 4.74 Å². The highest BCUT2D eigenvalue weighted by atomic mass is 16.5. The van der Waals surface area contributed by atoms with Crippen molar-refractivity contribution >= 4 is 0 Å². The van der Waals surface area contributed by atoms with Gasteiger partial charge in [-0.15, -0.1) is 0 Å². The summed E-state index contributed by atoms with van der Waals surface area (Å²) < 4.78 is 6.15. The molecule has 0 saturated carbocycles. The van der Waals surface area contributed by atoms with Crippen LogP contribution in [0.25, 0.3) is 34.2 Å². The highest BCUT2D eigenvalue weighted by Gasteiger charge is 2.21. The van der Waals surface area contributed by atoms with Crippen molar-refractivity contribution in [1.82, 2.24) is 19.9 Å². The van der Waals surface area contributed by atoms with Gasteiger partial charge in [0.1, 0.15) is 11.5 Å². The van der Waals surface area contributed by atoms with Gasteiger partial charge >= 0.3 is 0 Å². The third kappa shape index (κ3) is 5.65. The number of phenols is 1. The smallest absolute Gasteiger partial charge is 0.219 e. The zero-order valence-corrected chi connectivity index (χ0v) is 23.1. The second-order valence-electron chi connectivity index (χ2n) is 10.9. The molecule has 39 heavy (non-hydrogen) atoms. The molecule has 6 nitrogen and oxygen atoms in total. The van der Waals surface area contributed by atoms with Crippen LogP contribution in [0.2, 0.25) is 0 Å². The third-order valence-corrected chi connectivity index (χ3v) is 6.57. The van der Waals surface area contributed by atoms with Crippen molar-refractivity contribution in [3.63, 3.8) is 0 Å². The van der Waals surface area contributed by atoms with Gasteiger partial charge in [-0.1, -0.05) is 56.7 Å². The average Bonchev–Trinajstić information content (AvgIpc) is 2.88. The lowest BCUT2D eigenvalue weighted by Gasteiger charge is -2.21. The van der Waals surface area contributed by atoms with Crippen LogP contribution in [0, 0.1) is 20.8 Å². The Balaban J connectivity index is 1.75. The van der Waals surface area contributed by atoms with E-state index < -0.39 is 0 Å². The number of benzene rings is 3. The molecule has 0 aliphatic carbocycles. The van der Waals surface area contributed by atoms with Gasteiger partial charge < -0.3 is 9.84 Å². The molecule has 1 N–H and O–H groups in total. The van der Waals surface area contributed by atoms with Crippen molar-refractivity contribution in [3.8, 4) is 51.5 Å². The van der Waals surface area contributed by atoms with E-state index in [0.29, 0.717) is 34.7 Å². The molecule has 0 unspecified atom stereocenters. The monoisotopic (exact) mass is 516 g/mol. The summed E-state index contributed by atoms with van der Waals surface area (Å²) in [7, 11) is 0. The minimum atomic E-state index is -0.154. The van der Waals surface area contributed by atoms with Crippen LogP contribution in [0.1, 0.15) is 43.0 Å². The van der Waals surface area contributed by atoms with E-state index in [1.165, 1.54) is 5.56 Å².